The van der Waals surface area contributed by atoms with Gasteiger partial charge >= 0.3 is 6.18 Å². The fraction of sp³-hybridized carbons (Fsp3) is 0.500. The van der Waals surface area contributed by atoms with Crippen LogP contribution in [0.1, 0.15) is 24.8 Å². The summed E-state index contributed by atoms with van der Waals surface area (Å²) in [5.41, 5.74) is 0.922. The van der Waals surface area contributed by atoms with E-state index in [9.17, 15) is 23.3 Å². The van der Waals surface area contributed by atoms with Crippen LogP contribution in [0, 0.1) is 10.1 Å². The van der Waals surface area contributed by atoms with Crippen molar-refractivity contribution in [2.24, 2.45) is 0 Å². The number of hydrazine groups is 1. The van der Waals surface area contributed by atoms with Crippen molar-refractivity contribution < 1.29 is 18.1 Å². The highest BCUT2D eigenvalue weighted by atomic mass is 19.4. The van der Waals surface area contributed by atoms with E-state index in [1.807, 2.05) is 5.01 Å². The quantitative estimate of drug-likeness (QED) is 0.684. The van der Waals surface area contributed by atoms with Crippen LogP contribution in [0.2, 0.25) is 0 Å². The molecule has 1 N–H and O–H groups in total. The van der Waals surface area contributed by atoms with Crippen LogP contribution in [0.25, 0.3) is 0 Å². The zero-order valence-electron chi connectivity index (χ0n) is 10.6. The molecule has 110 valence electrons. The molecule has 1 fully saturated rings. The molecule has 0 saturated carbocycles. The van der Waals surface area contributed by atoms with Crippen molar-refractivity contribution in [3.8, 4) is 0 Å². The van der Waals surface area contributed by atoms with Gasteiger partial charge in [-0.25, -0.2) is 5.01 Å². The number of nitro groups is 1. The molecule has 20 heavy (non-hydrogen) atoms. The van der Waals surface area contributed by atoms with Crippen molar-refractivity contribution in [2.75, 3.05) is 18.5 Å². The summed E-state index contributed by atoms with van der Waals surface area (Å²) in [4.78, 5) is 9.62. The predicted octanol–water partition coefficient (Wildman–Crippen LogP) is 3.43. The van der Waals surface area contributed by atoms with E-state index >= 15 is 0 Å². The SMILES string of the molecule is O=[N+]([O-])c1ccc(NN2CCCCC2)cc1C(F)(F)F. The van der Waals surface area contributed by atoms with E-state index in [1.54, 1.807) is 0 Å². The molecule has 1 aliphatic rings. The lowest BCUT2D eigenvalue weighted by molar-refractivity contribution is -0.388. The Morgan fingerprint density at radius 1 is 1.20 bits per heavy atom. The minimum absolute atomic E-state index is 0.213. The van der Waals surface area contributed by atoms with Gasteiger partial charge in [0.25, 0.3) is 5.69 Å². The molecule has 0 amide bonds. The molecule has 0 aromatic heterocycles. The highest BCUT2D eigenvalue weighted by Crippen LogP contribution is 2.37. The summed E-state index contributed by atoms with van der Waals surface area (Å²) < 4.78 is 38.5. The van der Waals surface area contributed by atoms with Crippen LogP contribution in [-0.4, -0.2) is 23.0 Å². The minimum atomic E-state index is -4.75. The molecule has 0 aliphatic carbocycles. The van der Waals surface area contributed by atoms with Gasteiger partial charge in [0.1, 0.15) is 5.56 Å². The van der Waals surface area contributed by atoms with Gasteiger partial charge < -0.3 is 5.43 Å². The average Bonchev–Trinajstić information content (AvgIpc) is 2.38. The Balaban J connectivity index is 2.25. The van der Waals surface area contributed by atoms with Crippen molar-refractivity contribution in [3.05, 3.63) is 33.9 Å². The summed E-state index contributed by atoms with van der Waals surface area (Å²) in [6, 6.07) is 2.96. The van der Waals surface area contributed by atoms with Crippen LogP contribution in [0.15, 0.2) is 18.2 Å². The lowest BCUT2D eigenvalue weighted by Gasteiger charge is -2.28. The number of nitrogens with zero attached hydrogens (tertiary/aromatic N) is 2. The second-order valence-electron chi connectivity index (χ2n) is 4.65. The molecule has 0 unspecified atom stereocenters. The second-order valence-corrected chi connectivity index (χ2v) is 4.65. The zero-order chi connectivity index (χ0) is 14.8. The van der Waals surface area contributed by atoms with Crippen LogP contribution in [-0.2, 0) is 6.18 Å². The third kappa shape index (κ3) is 3.38. The van der Waals surface area contributed by atoms with Gasteiger partial charge in [-0.05, 0) is 25.0 Å². The van der Waals surface area contributed by atoms with E-state index < -0.39 is 22.4 Å². The number of halogens is 3. The molecule has 0 radical (unpaired) electrons. The van der Waals surface area contributed by atoms with Gasteiger partial charge in [-0.2, -0.15) is 13.2 Å². The van der Waals surface area contributed by atoms with E-state index in [-0.39, 0.29) is 5.69 Å². The van der Waals surface area contributed by atoms with Gasteiger partial charge in [0, 0.05) is 19.2 Å². The summed E-state index contributed by atoms with van der Waals surface area (Å²) in [5.74, 6) is 0. The average molecular weight is 289 g/mol. The van der Waals surface area contributed by atoms with Gasteiger partial charge in [0.15, 0.2) is 0 Å². The van der Waals surface area contributed by atoms with Crippen LogP contribution in [0.4, 0.5) is 24.5 Å². The Labute approximate surface area is 113 Å². The van der Waals surface area contributed by atoms with Crippen molar-refractivity contribution in [1.29, 1.82) is 0 Å². The number of nitrogens with one attached hydrogen (secondary N) is 1. The Bertz CT molecular complexity index is 499. The van der Waals surface area contributed by atoms with E-state index in [4.69, 9.17) is 0 Å². The molecular formula is C12H14F3N3O2. The maximum Gasteiger partial charge on any atom is 0.423 e. The fourth-order valence-electron chi connectivity index (χ4n) is 2.18. The molecule has 8 heteroatoms. The van der Waals surface area contributed by atoms with Crippen LogP contribution in [0.5, 0.6) is 0 Å². The highest BCUT2D eigenvalue weighted by molar-refractivity contribution is 5.54. The largest absolute Gasteiger partial charge is 0.423 e. The molecule has 1 aliphatic heterocycles. The van der Waals surface area contributed by atoms with E-state index in [0.717, 1.165) is 44.5 Å². The van der Waals surface area contributed by atoms with E-state index in [1.165, 1.54) is 6.07 Å². The lowest BCUT2D eigenvalue weighted by Crippen LogP contribution is -2.34. The summed E-state index contributed by atoms with van der Waals surface area (Å²) >= 11 is 0. The second kappa shape index (κ2) is 5.66. The lowest BCUT2D eigenvalue weighted by atomic mass is 10.1. The first-order valence-electron chi connectivity index (χ1n) is 6.25. The highest BCUT2D eigenvalue weighted by Gasteiger charge is 2.38. The summed E-state index contributed by atoms with van der Waals surface area (Å²) in [6.45, 7) is 1.50. The third-order valence-electron chi connectivity index (χ3n) is 3.14. The van der Waals surface area contributed by atoms with Crippen molar-refractivity contribution >= 4 is 11.4 Å². The first kappa shape index (κ1) is 14.6. The summed E-state index contributed by atoms with van der Waals surface area (Å²) in [5, 5.41) is 12.5. The third-order valence-corrected chi connectivity index (χ3v) is 3.14. The fourth-order valence-corrected chi connectivity index (χ4v) is 2.18. The number of anilines is 1. The molecule has 0 atom stereocenters. The number of piperidine rings is 1. The predicted molar refractivity (Wildman–Crippen MR) is 67.1 cm³/mol. The smallest absolute Gasteiger partial charge is 0.319 e. The van der Waals surface area contributed by atoms with Crippen LogP contribution in [0.3, 0.4) is 0 Å². The number of benzene rings is 1. The van der Waals surface area contributed by atoms with Gasteiger partial charge in [-0.3, -0.25) is 10.1 Å². The molecule has 1 aromatic carbocycles. The molecular weight excluding hydrogens is 275 g/mol. The molecule has 2 rings (SSSR count). The normalized spacial score (nSPS) is 16.9. The Hall–Kier alpha value is -1.83. The standard InChI is InChI=1S/C12H14F3N3O2/c13-12(14,15)10-8-9(4-5-11(10)18(19)20)16-17-6-2-1-3-7-17/h4-5,8,16H,1-3,6-7H2. The Kier molecular flexibility index (Phi) is 4.12. The van der Waals surface area contributed by atoms with Crippen molar-refractivity contribution in [1.82, 2.24) is 5.01 Å². The van der Waals surface area contributed by atoms with Gasteiger partial charge in [0.2, 0.25) is 0 Å². The van der Waals surface area contributed by atoms with Crippen LogP contribution < -0.4 is 5.43 Å². The van der Waals surface area contributed by atoms with Gasteiger partial charge in [-0.1, -0.05) is 6.42 Å². The molecule has 1 aromatic rings. The summed E-state index contributed by atoms with van der Waals surface area (Å²) in [6.07, 6.45) is -1.69. The monoisotopic (exact) mass is 289 g/mol. The molecule has 1 saturated heterocycles. The first-order chi connectivity index (χ1) is 9.38. The van der Waals surface area contributed by atoms with Crippen molar-refractivity contribution in [2.45, 2.75) is 25.4 Å². The minimum Gasteiger partial charge on any atom is -0.319 e. The topological polar surface area (TPSA) is 58.4 Å². The number of hydrogen-bond acceptors (Lipinski definition) is 4. The number of rotatable bonds is 3. The van der Waals surface area contributed by atoms with E-state index in [0.29, 0.717) is 0 Å². The molecule has 5 nitrogen and oxygen atoms in total. The molecule has 1 heterocycles. The zero-order valence-corrected chi connectivity index (χ0v) is 10.6. The van der Waals surface area contributed by atoms with Crippen molar-refractivity contribution in [3.63, 3.8) is 0 Å². The maximum atomic E-state index is 12.8. The summed E-state index contributed by atoms with van der Waals surface area (Å²) in [7, 11) is 0. The van der Waals surface area contributed by atoms with E-state index in [2.05, 4.69) is 5.43 Å². The number of alkyl halides is 3. The van der Waals surface area contributed by atoms with Gasteiger partial charge in [-0.15, -0.1) is 0 Å². The number of nitro benzene ring substituents is 1. The first-order valence-corrected chi connectivity index (χ1v) is 6.25. The van der Waals surface area contributed by atoms with Crippen LogP contribution >= 0.6 is 0 Å². The van der Waals surface area contributed by atoms with Gasteiger partial charge in [0.05, 0.1) is 10.6 Å². The number of hydrogen-bond donors (Lipinski definition) is 1. The molecule has 0 bridgehead atoms. The Morgan fingerprint density at radius 2 is 1.85 bits per heavy atom. The Morgan fingerprint density at radius 3 is 2.40 bits per heavy atom. The maximum absolute atomic E-state index is 12.8. The molecule has 0 spiro atoms.